The number of hydrogen-bond donors (Lipinski definition) is 1. The summed E-state index contributed by atoms with van der Waals surface area (Å²) in [6.45, 7) is 2.44. The maximum absolute atomic E-state index is 12.2. The number of halogens is 1. The Morgan fingerprint density at radius 2 is 1.90 bits per heavy atom. The van der Waals surface area contributed by atoms with E-state index in [1.54, 1.807) is 6.07 Å². The quantitative estimate of drug-likeness (QED) is 0.660. The number of aryl methyl sites for hydroxylation is 1. The van der Waals surface area contributed by atoms with Gasteiger partial charge in [0.2, 0.25) is 10.0 Å². The molecule has 0 radical (unpaired) electrons. The molecular weight excluding hydrogens is 358 g/mol. The zero-order chi connectivity index (χ0) is 15.0. The maximum atomic E-state index is 12.2. The molecule has 0 atom stereocenters. The molecule has 0 heterocycles. The van der Waals surface area contributed by atoms with Gasteiger partial charge in [0.15, 0.2) is 0 Å². The molecule has 0 aliphatic heterocycles. The number of hydrogen-bond acceptors (Lipinski definition) is 3. The number of nitrogens with one attached hydrogen (secondary N) is 1. The molecule has 0 saturated carbocycles. The van der Waals surface area contributed by atoms with E-state index < -0.39 is 10.0 Å². The van der Waals surface area contributed by atoms with Gasteiger partial charge in [0.05, 0.1) is 4.90 Å². The molecular formula is C14H22BrNO2S2. The van der Waals surface area contributed by atoms with Gasteiger partial charge in [-0.2, -0.15) is 11.8 Å². The third kappa shape index (κ3) is 6.16. The van der Waals surface area contributed by atoms with Crippen LogP contribution in [0.15, 0.2) is 27.6 Å². The SMILES string of the molecule is CSCCCCCCNS(=O)(=O)c1ccc(C)cc1Br. The van der Waals surface area contributed by atoms with Gasteiger partial charge in [0.25, 0.3) is 0 Å². The Kier molecular flexibility index (Phi) is 8.17. The average Bonchev–Trinajstić information content (AvgIpc) is 2.37. The third-order valence-electron chi connectivity index (χ3n) is 2.94. The molecule has 6 heteroatoms. The first kappa shape index (κ1) is 18.0. The largest absolute Gasteiger partial charge is 0.241 e. The van der Waals surface area contributed by atoms with Gasteiger partial charge in [-0.3, -0.25) is 0 Å². The van der Waals surface area contributed by atoms with Crippen molar-refractivity contribution in [1.82, 2.24) is 4.72 Å². The van der Waals surface area contributed by atoms with Crippen LogP contribution >= 0.6 is 27.7 Å². The molecule has 0 unspecified atom stereocenters. The zero-order valence-corrected chi connectivity index (χ0v) is 15.2. The van der Waals surface area contributed by atoms with Crippen LogP contribution in [0.25, 0.3) is 0 Å². The molecule has 0 saturated heterocycles. The average molecular weight is 380 g/mol. The first-order valence-electron chi connectivity index (χ1n) is 6.72. The van der Waals surface area contributed by atoms with Crippen LogP contribution in [0.5, 0.6) is 0 Å². The number of benzene rings is 1. The van der Waals surface area contributed by atoms with Gasteiger partial charge in [-0.15, -0.1) is 0 Å². The molecule has 114 valence electrons. The Bertz CT molecular complexity index is 518. The van der Waals surface area contributed by atoms with E-state index in [0.29, 0.717) is 15.9 Å². The summed E-state index contributed by atoms with van der Waals surface area (Å²) >= 11 is 5.17. The molecule has 0 spiro atoms. The van der Waals surface area contributed by atoms with Crippen molar-refractivity contribution in [2.75, 3.05) is 18.6 Å². The lowest BCUT2D eigenvalue weighted by atomic mass is 10.2. The molecule has 0 aromatic heterocycles. The third-order valence-corrected chi connectivity index (χ3v) is 6.08. The topological polar surface area (TPSA) is 46.2 Å². The minimum absolute atomic E-state index is 0.311. The minimum Gasteiger partial charge on any atom is -0.211 e. The zero-order valence-electron chi connectivity index (χ0n) is 12.0. The van der Waals surface area contributed by atoms with E-state index in [1.165, 1.54) is 12.2 Å². The van der Waals surface area contributed by atoms with E-state index in [4.69, 9.17) is 0 Å². The summed E-state index contributed by atoms with van der Waals surface area (Å²) in [5, 5.41) is 0. The first-order valence-corrected chi connectivity index (χ1v) is 10.4. The van der Waals surface area contributed by atoms with Crippen LogP contribution in [-0.4, -0.2) is 27.0 Å². The van der Waals surface area contributed by atoms with Crippen LogP contribution in [0, 0.1) is 6.92 Å². The summed E-state index contributed by atoms with van der Waals surface area (Å²) in [5.74, 6) is 1.18. The van der Waals surface area contributed by atoms with Gasteiger partial charge in [-0.25, -0.2) is 13.1 Å². The molecule has 3 nitrogen and oxygen atoms in total. The fourth-order valence-corrected chi connectivity index (χ4v) is 4.59. The monoisotopic (exact) mass is 379 g/mol. The molecule has 1 aromatic rings. The number of sulfonamides is 1. The summed E-state index contributed by atoms with van der Waals surface area (Å²) in [5.41, 5.74) is 1.03. The van der Waals surface area contributed by atoms with Crippen molar-refractivity contribution in [2.24, 2.45) is 0 Å². The van der Waals surface area contributed by atoms with Gasteiger partial charge < -0.3 is 0 Å². The second kappa shape index (κ2) is 9.07. The Labute approximate surface area is 135 Å². The lowest BCUT2D eigenvalue weighted by Crippen LogP contribution is -2.25. The summed E-state index contributed by atoms with van der Waals surface area (Å²) < 4.78 is 27.6. The second-order valence-corrected chi connectivity index (χ2v) is 8.31. The fraction of sp³-hybridized carbons (Fsp3) is 0.571. The van der Waals surface area contributed by atoms with E-state index >= 15 is 0 Å². The lowest BCUT2D eigenvalue weighted by Gasteiger charge is -2.09. The van der Waals surface area contributed by atoms with Crippen molar-refractivity contribution in [1.29, 1.82) is 0 Å². The highest BCUT2D eigenvalue weighted by Crippen LogP contribution is 2.22. The molecule has 0 fully saturated rings. The molecule has 20 heavy (non-hydrogen) atoms. The molecule has 0 bridgehead atoms. The van der Waals surface area contributed by atoms with E-state index in [2.05, 4.69) is 26.9 Å². The van der Waals surface area contributed by atoms with Crippen LogP contribution in [0.4, 0.5) is 0 Å². The smallest absolute Gasteiger partial charge is 0.211 e. The summed E-state index contributed by atoms with van der Waals surface area (Å²) in [7, 11) is -3.41. The highest BCUT2D eigenvalue weighted by atomic mass is 79.9. The van der Waals surface area contributed by atoms with Crippen LogP contribution in [0.3, 0.4) is 0 Å². The second-order valence-electron chi connectivity index (χ2n) is 4.74. The lowest BCUT2D eigenvalue weighted by molar-refractivity contribution is 0.573. The van der Waals surface area contributed by atoms with Crippen molar-refractivity contribution in [3.8, 4) is 0 Å². The molecule has 1 N–H and O–H groups in total. The fourth-order valence-electron chi connectivity index (χ4n) is 1.83. The van der Waals surface area contributed by atoms with Crippen molar-refractivity contribution < 1.29 is 8.42 Å². The van der Waals surface area contributed by atoms with E-state index in [-0.39, 0.29) is 0 Å². The molecule has 1 rings (SSSR count). The van der Waals surface area contributed by atoms with Gasteiger partial charge in [-0.1, -0.05) is 18.9 Å². The molecule has 0 aliphatic carbocycles. The Morgan fingerprint density at radius 3 is 2.55 bits per heavy atom. The molecule has 1 aromatic carbocycles. The van der Waals surface area contributed by atoms with Gasteiger partial charge in [-0.05, 0) is 65.4 Å². The summed E-state index contributed by atoms with van der Waals surface area (Å²) in [4.78, 5) is 0.311. The number of unbranched alkanes of at least 4 members (excludes halogenated alkanes) is 3. The highest BCUT2D eigenvalue weighted by molar-refractivity contribution is 9.10. The normalized spacial score (nSPS) is 11.8. The van der Waals surface area contributed by atoms with Crippen molar-refractivity contribution >= 4 is 37.7 Å². The van der Waals surface area contributed by atoms with Crippen LogP contribution in [0.2, 0.25) is 0 Å². The van der Waals surface area contributed by atoms with E-state index in [9.17, 15) is 8.42 Å². The van der Waals surface area contributed by atoms with Gasteiger partial charge >= 0.3 is 0 Å². The van der Waals surface area contributed by atoms with Gasteiger partial charge in [0.1, 0.15) is 0 Å². The van der Waals surface area contributed by atoms with Crippen LogP contribution in [-0.2, 0) is 10.0 Å². The standard InChI is InChI=1S/C14H22BrNO2S2/c1-12-7-8-14(13(15)11-12)20(17,18)16-9-5-3-4-6-10-19-2/h7-8,11,16H,3-6,9-10H2,1-2H3. The summed E-state index contributed by atoms with van der Waals surface area (Å²) in [6, 6.07) is 5.26. The number of rotatable bonds is 9. The maximum Gasteiger partial charge on any atom is 0.241 e. The van der Waals surface area contributed by atoms with Gasteiger partial charge in [0, 0.05) is 11.0 Å². The van der Waals surface area contributed by atoms with Crippen molar-refractivity contribution in [2.45, 2.75) is 37.5 Å². The number of thioether (sulfide) groups is 1. The van der Waals surface area contributed by atoms with E-state index in [1.807, 2.05) is 30.8 Å². The predicted octanol–water partition coefficient (Wildman–Crippen LogP) is 3.96. The summed E-state index contributed by atoms with van der Waals surface area (Å²) in [6.07, 6.45) is 6.43. The van der Waals surface area contributed by atoms with E-state index in [0.717, 1.165) is 24.8 Å². The Balaban J connectivity index is 2.42. The van der Waals surface area contributed by atoms with Crippen LogP contribution < -0.4 is 4.72 Å². The van der Waals surface area contributed by atoms with Crippen LogP contribution in [0.1, 0.15) is 31.2 Å². The van der Waals surface area contributed by atoms with Crippen molar-refractivity contribution in [3.63, 3.8) is 0 Å². The highest BCUT2D eigenvalue weighted by Gasteiger charge is 2.16. The minimum atomic E-state index is -3.41. The molecule has 0 amide bonds. The Hall–Kier alpha value is -0.0400. The van der Waals surface area contributed by atoms with Crippen molar-refractivity contribution in [3.05, 3.63) is 28.2 Å². The first-order chi connectivity index (χ1) is 9.47. The predicted molar refractivity (Wildman–Crippen MR) is 90.9 cm³/mol. The Morgan fingerprint density at radius 1 is 1.20 bits per heavy atom. The molecule has 0 aliphatic rings.